The Balaban J connectivity index is 2.15. The molecule has 1 aromatic carbocycles. The second kappa shape index (κ2) is 3.75. The number of oxazole rings is 1. The van der Waals surface area contributed by atoms with Gasteiger partial charge in [-0.25, -0.2) is 4.98 Å². The Morgan fingerprint density at radius 2 is 2.00 bits per heavy atom. The number of nitrogen functional groups attached to an aromatic ring is 1. The Morgan fingerprint density at radius 1 is 1.29 bits per heavy atom. The molecule has 1 heterocycles. The van der Waals surface area contributed by atoms with Crippen LogP contribution < -0.4 is 5.73 Å². The van der Waals surface area contributed by atoms with Gasteiger partial charge in [-0.3, -0.25) is 0 Å². The van der Waals surface area contributed by atoms with Crippen LogP contribution in [0.5, 0.6) is 0 Å². The number of hydrogen-bond donors (Lipinski definition) is 1. The highest BCUT2D eigenvalue weighted by Gasteiger charge is 2.02. The molecule has 14 heavy (non-hydrogen) atoms. The van der Waals surface area contributed by atoms with E-state index in [-0.39, 0.29) is 0 Å². The van der Waals surface area contributed by atoms with Gasteiger partial charge in [0.15, 0.2) is 0 Å². The van der Waals surface area contributed by atoms with Gasteiger partial charge in [0.2, 0.25) is 0 Å². The van der Waals surface area contributed by atoms with E-state index in [4.69, 9.17) is 10.2 Å². The van der Waals surface area contributed by atoms with E-state index in [2.05, 4.69) is 4.98 Å². The fraction of sp³-hybridized carbons (Fsp3) is 0.100. The van der Waals surface area contributed by atoms with Gasteiger partial charge in [-0.15, -0.1) is 0 Å². The van der Waals surface area contributed by atoms with Gasteiger partial charge in [-0.1, -0.05) is 0 Å². The summed E-state index contributed by atoms with van der Waals surface area (Å²) in [6.07, 6.45) is 1.64. The summed E-state index contributed by atoms with van der Waals surface area (Å²) in [6.45, 7) is 1.90. The minimum Gasteiger partial charge on any atom is -0.439 e. The Kier molecular flexibility index (Phi) is 2.45. The maximum atomic E-state index is 5.58. The maximum absolute atomic E-state index is 5.58. The van der Waals surface area contributed by atoms with Gasteiger partial charge in [0, 0.05) is 10.6 Å². The summed E-state index contributed by atoms with van der Waals surface area (Å²) in [5.74, 6) is 0. The predicted molar refractivity (Wildman–Crippen MR) is 56.2 cm³/mol. The predicted octanol–water partition coefficient (Wildman–Crippen LogP) is 2.72. The van der Waals surface area contributed by atoms with E-state index in [1.807, 2.05) is 31.2 Å². The molecule has 0 amide bonds. The molecule has 0 aliphatic carbocycles. The van der Waals surface area contributed by atoms with Crippen LogP contribution in [0.25, 0.3) is 0 Å². The first-order chi connectivity index (χ1) is 6.74. The topological polar surface area (TPSA) is 52.0 Å². The van der Waals surface area contributed by atoms with Gasteiger partial charge in [0.25, 0.3) is 5.22 Å². The molecular weight excluding hydrogens is 196 g/mol. The summed E-state index contributed by atoms with van der Waals surface area (Å²) in [5, 5.41) is 0.660. The van der Waals surface area contributed by atoms with Crippen LogP contribution in [0.3, 0.4) is 0 Å². The van der Waals surface area contributed by atoms with Gasteiger partial charge in [-0.2, -0.15) is 0 Å². The molecule has 0 unspecified atom stereocenters. The first kappa shape index (κ1) is 9.15. The Labute approximate surface area is 86.3 Å². The van der Waals surface area contributed by atoms with Gasteiger partial charge in [-0.05, 0) is 43.0 Å². The smallest absolute Gasteiger partial charge is 0.260 e. The zero-order chi connectivity index (χ0) is 9.97. The van der Waals surface area contributed by atoms with Crippen LogP contribution in [0.1, 0.15) is 5.69 Å². The molecule has 0 saturated carbocycles. The summed E-state index contributed by atoms with van der Waals surface area (Å²) in [5.41, 5.74) is 7.23. The van der Waals surface area contributed by atoms with Crippen LogP contribution in [-0.2, 0) is 0 Å². The molecule has 4 heteroatoms. The van der Waals surface area contributed by atoms with E-state index >= 15 is 0 Å². The third-order valence-corrected chi connectivity index (χ3v) is 2.55. The highest BCUT2D eigenvalue weighted by molar-refractivity contribution is 7.99. The molecule has 72 valence electrons. The summed E-state index contributed by atoms with van der Waals surface area (Å²) in [6, 6.07) is 7.61. The van der Waals surface area contributed by atoms with Gasteiger partial charge in [0.05, 0.1) is 5.69 Å². The Bertz CT molecular complexity index is 422. The van der Waals surface area contributed by atoms with Crippen molar-refractivity contribution in [2.24, 2.45) is 0 Å². The average molecular weight is 206 g/mol. The Morgan fingerprint density at radius 3 is 2.57 bits per heavy atom. The van der Waals surface area contributed by atoms with Gasteiger partial charge >= 0.3 is 0 Å². The highest BCUT2D eigenvalue weighted by Crippen LogP contribution is 2.27. The third-order valence-electron chi connectivity index (χ3n) is 1.68. The number of aryl methyl sites for hydroxylation is 1. The van der Waals surface area contributed by atoms with Gasteiger partial charge < -0.3 is 10.2 Å². The quantitative estimate of drug-likeness (QED) is 0.767. The number of rotatable bonds is 2. The molecular formula is C10H10N2OS. The fourth-order valence-electron chi connectivity index (χ4n) is 1.02. The highest BCUT2D eigenvalue weighted by atomic mass is 32.2. The van der Waals surface area contributed by atoms with E-state index in [0.29, 0.717) is 5.22 Å². The van der Waals surface area contributed by atoms with Crippen molar-refractivity contribution in [3.63, 3.8) is 0 Å². The summed E-state index contributed by atoms with van der Waals surface area (Å²) < 4.78 is 5.22. The van der Waals surface area contributed by atoms with Crippen LogP contribution in [0.15, 0.2) is 45.1 Å². The summed E-state index contributed by atoms with van der Waals surface area (Å²) >= 11 is 1.48. The number of aromatic nitrogens is 1. The molecule has 0 aliphatic rings. The molecule has 0 aliphatic heterocycles. The average Bonchev–Trinajstić information content (AvgIpc) is 2.56. The van der Waals surface area contributed by atoms with Crippen LogP contribution >= 0.6 is 11.8 Å². The number of nitrogens with two attached hydrogens (primary N) is 1. The number of nitrogens with zero attached hydrogens (tertiary/aromatic N) is 1. The van der Waals surface area contributed by atoms with E-state index in [9.17, 15) is 0 Å². The van der Waals surface area contributed by atoms with Crippen LogP contribution in [0, 0.1) is 6.92 Å². The lowest BCUT2D eigenvalue weighted by Crippen LogP contribution is -1.82. The first-order valence-electron chi connectivity index (χ1n) is 4.19. The standard InChI is InChI=1S/C10H10N2OS/c1-7-6-13-10(12-7)14-9-4-2-8(11)3-5-9/h2-6H,11H2,1H3. The number of hydrogen-bond acceptors (Lipinski definition) is 4. The summed E-state index contributed by atoms with van der Waals surface area (Å²) in [7, 11) is 0. The normalized spacial score (nSPS) is 10.4. The van der Waals surface area contributed by atoms with Crippen molar-refractivity contribution < 1.29 is 4.42 Å². The van der Waals surface area contributed by atoms with Crippen molar-refractivity contribution in [2.45, 2.75) is 17.0 Å². The van der Waals surface area contributed by atoms with Crippen molar-refractivity contribution in [1.29, 1.82) is 0 Å². The van der Waals surface area contributed by atoms with E-state index in [0.717, 1.165) is 16.3 Å². The Hall–Kier alpha value is -1.42. The largest absolute Gasteiger partial charge is 0.439 e. The zero-order valence-electron chi connectivity index (χ0n) is 7.73. The lowest BCUT2D eigenvalue weighted by molar-refractivity contribution is 0.454. The van der Waals surface area contributed by atoms with E-state index in [1.54, 1.807) is 6.26 Å². The SMILES string of the molecule is Cc1coc(Sc2ccc(N)cc2)n1. The molecule has 0 spiro atoms. The number of anilines is 1. The van der Waals surface area contributed by atoms with Crippen molar-refractivity contribution in [3.8, 4) is 0 Å². The van der Waals surface area contributed by atoms with Crippen molar-refractivity contribution in [2.75, 3.05) is 5.73 Å². The molecule has 0 atom stereocenters. The molecule has 0 radical (unpaired) electrons. The lowest BCUT2D eigenvalue weighted by Gasteiger charge is -1.96. The molecule has 0 bridgehead atoms. The molecule has 0 fully saturated rings. The molecule has 3 nitrogen and oxygen atoms in total. The molecule has 2 rings (SSSR count). The van der Waals surface area contributed by atoms with E-state index < -0.39 is 0 Å². The molecule has 1 aromatic heterocycles. The third kappa shape index (κ3) is 2.09. The second-order valence-electron chi connectivity index (χ2n) is 2.93. The minimum absolute atomic E-state index is 0.660. The van der Waals surface area contributed by atoms with Gasteiger partial charge in [0.1, 0.15) is 6.26 Å². The fourth-order valence-corrected chi connectivity index (χ4v) is 1.78. The number of benzene rings is 1. The first-order valence-corrected chi connectivity index (χ1v) is 5.01. The maximum Gasteiger partial charge on any atom is 0.260 e. The van der Waals surface area contributed by atoms with Crippen molar-refractivity contribution in [3.05, 3.63) is 36.2 Å². The van der Waals surface area contributed by atoms with Crippen LogP contribution in [-0.4, -0.2) is 4.98 Å². The molecule has 0 saturated heterocycles. The van der Waals surface area contributed by atoms with E-state index in [1.165, 1.54) is 11.8 Å². The molecule has 2 N–H and O–H groups in total. The monoisotopic (exact) mass is 206 g/mol. The van der Waals surface area contributed by atoms with Crippen LogP contribution in [0.2, 0.25) is 0 Å². The summed E-state index contributed by atoms with van der Waals surface area (Å²) in [4.78, 5) is 5.26. The van der Waals surface area contributed by atoms with Crippen molar-refractivity contribution >= 4 is 17.4 Å². The van der Waals surface area contributed by atoms with Crippen LogP contribution in [0.4, 0.5) is 5.69 Å². The zero-order valence-corrected chi connectivity index (χ0v) is 8.54. The minimum atomic E-state index is 0.660. The second-order valence-corrected chi connectivity index (χ2v) is 3.95. The van der Waals surface area contributed by atoms with Crippen molar-refractivity contribution in [1.82, 2.24) is 4.98 Å². The molecule has 2 aromatic rings. The lowest BCUT2D eigenvalue weighted by atomic mass is 10.3.